The van der Waals surface area contributed by atoms with Gasteiger partial charge < -0.3 is 46.9 Å². The second-order valence-electron chi connectivity index (χ2n) is 4.15. The van der Waals surface area contributed by atoms with E-state index in [0.717, 1.165) is 0 Å². The average molecular weight is 420 g/mol. The first-order valence-corrected chi connectivity index (χ1v) is 7.06. The van der Waals surface area contributed by atoms with E-state index in [2.05, 4.69) is 25.6 Å². The molecule has 0 bridgehead atoms. The Bertz CT molecular complexity index is 536. The van der Waals surface area contributed by atoms with E-state index in [0.29, 0.717) is 0 Å². The molecule has 0 aromatic carbocycles. The first-order valence-electron chi connectivity index (χ1n) is 7.06. The number of aromatic nitrogens is 1. The molecular formula is C16H21CoN6O4-5. The van der Waals surface area contributed by atoms with Crippen LogP contribution in [0, 0.1) is 20.8 Å². The second-order valence-corrected chi connectivity index (χ2v) is 4.15. The molecular weight excluding hydrogens is 399 g/mol. The van der Waals surface area contributed by atoms with E-state index in [9.17, 15) is 20.8 Å². The molecule has 1 rings (SSSR count). The maximum absolute atomic E-state index is 9.60. The van der Waals surface area contributed by atoms with E-state index in [-0.39, 0.29) is 39.6 Å². The van der Waals surface area contributed by atoms with Gasteiger partial charge in [0, 0.05) is 52.0 Å². The fraction of sp³-hybridized carbons (Fsp3) is 0.312. The molecule has 0 aliphatic rings. The van der Waals surface area contributed by atoms with Crippen molar-refractivity contribution in [2.45, 2.75) is 34.6 Å². The Kier molecular flexibility index (Phi) is 29.6. The number of allylic oxidation sites excluding steroid dienone is 1. The maximum atomic E-state index is 9.60. The first-order chi connectivity index (χ1) is 12.4. The van der Waals surface area contributed by atoms with Crippen LogP contribution >= 0.6 is 0 Å². The van der Waals surface area contributed by atoms with Crippen LogP contribution in [-0.2, 0) is 16.8 Å². The predicted molar refractivity (Wildman–Crippen MR) is 109 cm³/mol. The smallest absolute Gasteiger partial charge is 0.0465 e. The zero-order chi connectivity index (χ0) is 20.8. The molecule has 0 saturated carbocycles. The summed E-state index contributed by atoms with van der Waals surface area (Å²) in [6, 6.07) is 5.72. The second kappa shape index (κ2) is 25.2. The summed E-state index contributed by atoms with van der Waals surface area (Å²) in [5, 5.41) is 55.9. The molecule has 11 heteroatoms. The maximum Gasteiger partial charge on any atom is 0.0465 e. The topological polar surface area (TPSA) is 177 Å². The van der Waals surface area contributed by atoms with Crippen molar-refractivity contribution >= 4 is 28.7 Å². The number of hydrogen-bond donors (Lipinski definition) is 0. The molecule has 0 spiro atoms. The number of hydrogen-bond acceptors (Lipinski definition) is 9. The van der Waals surface area contributed by atoms with Crippen molar-refractivity contribution in [2.75, 3.05) is 0 Å². The Morgan fingerprint density at radius 1 is 0.778 bits per heavy atom. The molecule has 0 fully saturated rings. The van der Waals surface area contributed by atoms with Gasteiger partial charge in [0.2, 0.25) is 0 Å². The van der Waals surface area contributed by atoms with E-state index >= 15 is 0 Å². The van der Waals surface area contributed by atoms with Crippen LogP contribution in [0.15, 0.2) is 57.3 Å². The number of pyridine rings is 1. The molecule has 1 radical (unpaired) electrons. The van der Waals surface area contributed by atoms with Gasteiger partial charge in [0.25, 0.3) is 0 Å². The molecule has 1 heterocycles. The molecule has 0 aliphatic carbocycles. The van der Waals surface area contributed by atoms with Crippen LogP contribution in [0.2, 0.25) is 0 Å². The molecule has 1 aromatic rings. The zero-order valence-corrected chi connectivity index (χ0v) is 16.7. The monoisotopic (exact) mass is 420 g/mol. The van der Waals surface area contributed by atoms with Gasteiger partial charge in [0.15, 0.2) is 0 Å². The van der Waals surface area contributed by atoms with Gasteiger partial charge in [-0.15, -0.1) is 0 Å². The van der Waals surface area contributed by atoms with Gasteiger partial charge in [0.1, 0.15) is 0 Å². The van der Waals surface area contributed by atoms with Gasteiger partial charge in [-0.05, 0) is 46.8 Å². The van der Waals surface area contributed by atoms with Crippen LogP contribution in [0.4, 0.5) is 0 Å². The molecule has 0 amide bonds. The van der Waals surface area contributed by atoms with Crippen LogP contribution in [0.25, 0.3) is 5.41 Å². The molecule has 0 saturated heterocycles. The van der Waals surface area contributed by atoms with Crippen LogP contribution < -0.4 is 0 Å². The predicted octanol–water partition coefficient (Wildman–Crippen LogP) is 3.69. The van der Waals surface area contributed by atoms with Crippen molar-refractivity contribution in [3.63, 3.8) is 0 Å². The van der Waals surface area contributed by atoms with E-state index in [1.54, 1.807) is 25.2 Å². The normalized spacial score (nSPS) is 10.9. The summed E-state index contributed by atoms with van der Waals surface area (Å²) in [6.45, 7) is 7.43. The van der Waals surface area contributed by atoms with Gasteiger partial charge >= 0.3 is 0 Å². The van der Waals surface area contributed by atoms with E-state index in [1.807, 2.05) is 18.2 Å². The van der Waals surface area contributed by atoms with Gasteiger partial charge in [-0.25, -0.2) is 0 Å². The minimum Gasteiger partial charge on any atom is -0.792 e. The third-order valence-electron chi connectivity index (χ3n) is 2.29. The van der Waals surface area contributed by atoms with Gasteiger partial charge in [-0.3, -0.25) is 10.9 Å². The largest absolute Gasteiger partial charge is 0.792 e. The summed E-state index contributed by atoms with van der Waals surface area (Å²) >= 11 is 0. The van der Waals surface area contributed by atoms with Gasteiger partial charge in [-0.2, -0.15) is 0 Å². The van der Waals surface area contributed by atoms with Crippen LogP contribution in [0.3, 0.4) is 0 Å². The standard InChI is InChI=1S/C5H5N.2C4H8N2O2.C3H4N.Co/c1-2-4-6-5-3-1;2*1-3(5-7)4(2)6-8;1-2-3-4;/h1-5H;2*7-8H,1-2H3;2H,1H3;/q;;;-1;/p-4. The fourth-order valence-corrected chi connectivity index (χ4v) is 0.577. The summed E-state index contributed by atoms with van der Waals surface area (Å²) in [6.07, 6.45) is 4.93. The summed E-state index contributed by atoms with van der Waals surface area (Å²) < 4.78 is 0. The average Bonchev–Trinajstić information content (AvgIpc) is 2.73. The number of nitrogens with zero attached hydrogens (tertiary/aromatic N) is 6. The molecule has 0 aliphatic heterocycles. The van der Waals surface area contributed by atoms with Crippen molar-refractivity contribution in [2.24, 2.45) is 20.6 Å². The summed E-state index contributed by atoms with van der Waals surface area (Å²) in [7, 11) is 0. The molecule has 0 N–H and O–H groups in total. The first kappa shape index (κ1) is 31.7. The van der Waals surface area contributed by atoms with Crippen molar-refractivity contribution in [3.05, 3.63) is 62.9 Å². The third-order valence-corrected chi connectivity index (χ3v) is 2.29. The molecule has 0 unspecified atom stereocenters. The molecule has 0 atom stereocenters. The summed E-state index contributed by atoms with van der Waals surface area (Å²) in [4.78, 5) is 3.78. The summed E-state index contributed by atoms with van der Waals surface area (Å²) in [5.41, 5.74) is 0.556. The Labute approximate surface area is 169 Å². The SMILES string of the molecule is CC(=N[O-])C(C)=N[O-].CC(=N[O-])C(C)=N[O-].CC=C=[N-].[Co].c1ccncc1. The fourth-order valence-electron chi connectivity index (χ4n) is 0.577. The Morgan fingerprint density at radius 2 is 1.04 bits per heavy atom. The van der Waals surface area contributed by atoms with E-state index in [1.165, 1.54) is 33.8 Å². The van der Waals surface area contributed by atoms with Crippen molar-refractivity contribution in [3.8, 4) is 0 Å². The van der Waals surface area contributed by atoms with Crippen molar-refractivity contribution in [1.82, 2.24) is 4.98 Å². The summed E-state index contributed by atoms with van der Waals surface area (Å²) in [5.74, 6) is 1.81. The van der Waals surface area contributed by atoms with Gasteiger partial charge in [0.05, 0.1) is 0 Å². The van der Waals surface area contributed by atoms with E-state index in [4.69, 9.17) is 5.41 Å². The third kappa shape index (κ3) is 25.3. The molecule has 10 nitrogen and oxygen atoms in total. The van der Waals surface area contributed by atoms with Gasteiger partial charge in [-0.1, -0.05) is 12.1 Å². The minimum atomic E-state index is 0. The van der Waals surface area contributed by atoms with Crippen LogP contribution in [0.5, 0.6) is 0 Å². The Balaban J connectivity index is -0.000000133. The van der Waals surface area contributed by atoms with Crippen LogP contribution in [0.1, 0.15) is 34.6 Å². The molecule has 27 heavy (non-hydrogen) atoms. The Morgan fingerprint density at radius 3 is 1.11 bits per heavy atom. The number of rotatable bonds is 2. The van der Waals surface area contributed by atoms with E-state index < -0.39 is 0 Å². The Hall–Kier alpha value is -3.01. The quantitative estimate of drug-likeness (QED) is 0.522. The van der Waals surface area contributed by atoms with Crippen LogP contribution in [-0.4, -0.2) is 33.7 Å². The molecule has 1 aromatic heterocycles. The van der Waals surface area contributed by atoms with Crippen molar-refractivity contribution in [1.29, 1.82) is 0 Å². The van der Waals surface area contributed by atoms with Crippen molar-refractivity contribution < 1.29 is 16.8 Å². The molecule has 153 valence electrons. The minimum absolute atomic E-state index is 0. The zero-order valence-electron chi connectivity index (χ0n) is 15.6.